The van der Waals surface area contributed by atoms with Crippen molar-refractivity contribution in [3.05, 3.63) is 15.2 Å². The fourth-order valence-corrected chi connectivity index (χ4v) is 1.72. The Hall–Kier alpha value is -0.0200. The van der Waals surface area contributed by atoms with E-state index in [1.165, 1.54) is 9.47 Å². The molecule has 0 spiro atoms. The van der Waals surface area contributed by atoms with Crippen LogP contribution in [0.25, 0.3) is 0 Å². The SMILES string of the molecule is CCNc1csc(Br)c1. The highest BCUT2D eigenvalue weighted by Crippen LogP contribution is 2.23. The number of nitrogens with one attached hydrogen (secondary N) is 1. The number of thiophene rings is 1. The second-order valence-electron chi connectivity index (χ2n) is 1.67. The molecule has 1 aromatic rings. The van der Waals surface area contributed by atoms with Crippen LogP contribution < -0.4 is 5.32 Å². The molecule has 0 fully saturated rings. The topological polar surface area (TPSA) is 12.0 Å². The van der Waals surface area contributed by atoms with Crippen LogP contribution in [0.15, 0.2) is 15.2 Å². The number of hydrogen-bond acceptors (Lipinski definition) is 2. The van der Waals surface area contributed by atoms with Crippen LogP contribution in [-0.2, 0) is 0 Å². The summed E-state index contributed by atoms with van der Waals surface area (Å²) in [7, 11) is 0. The number of hydrogen-bond donors (Lipinski definition) is 1. The van der Waals surface area contributed by atoms with E-state index in [1.807, 2.05) is 0 Å². The fraction of sp³-hybridized carbons (Fsp3) is 0.333. The summed E-state index contributed by atoms with van der Waals surface area (Å²) in [6.07, 6.45) is 0. The zero-order valence-corrected chi connectivity index (χ0v) is 7.55. The molecule has 0 saturated heterocycles. The lowest BCUT2D eigenvalue weighted by Gasteiger charge is -1.94. The maximum atomic E-state index is 3.38. The molecule has 1 rings (SSSR count). The molecule has 0 unspecified atom stereocenters. The minimum absolute atomic E-state index is 0.989. The van der Waals surface area contributed by atoms with Crippen molar-refractivity contribution in [2.24, 2.45) is 0 Å². The Morgan fingerprint density at radius 2 is 2.56 bits per heavy atom. The van der Waals surface area contributed by atoms with Crippen molar-refractivity contribution in [1.29, 1.82) is 0 Å². The van der Waals surface area contributed by atoms with E-state index in [0.29, 0.717) is 0 Å². The number of anilines is 1. The monoisotopic (exact) mass is 205 g/mol. The molecule has 1 aromatic heterocycles. The van der Waals surface area contributed by atoms with Crippen molar-refractivity contribution in [2.45, 2.75) is 6.92 Å². The standard InChI is InChI=1S/C6H8BrNS/c1-2-8-5-3-6(7)9-4-5/h3-4,8H,2H2,1H3. The van der Waals surface area contributed by atoms with Crippen molar-refractivity contribution in [3.63, 3.8) is 0 Å². The van der Waals surface area contributed by atoms with Crippen LogP contribution in [0, 0.1) is 0 Å². The summed E-state index contributed by atoms with van der Waals surface area (Å²) in [5, 5.41) is 5.30. The lowest BCUT2D eigenvalue weighted by atomic mass is 10.5. The molecule has 0 aliphatic heterocycles. The van der Waals surface area contributed by atoms with Crippen LogP contribution in [-0.4, -0.2) is 6.54 Å². The highest BCUT2D eigenvalue weighted by molar-refractivity contribution is 9.11. The van der Waals surface area contributed by atoms with E-state index < -0.39 is 0 Å². The Bertz CT molecular complexity index is 185. The van der Waals surface area contributed by atoms with Crippen molar-refractivity contribution in [3.8, 4) is 0 Å². The Morgan fingerprint density at radius 3 is 3.00 bits per heavy atom. The molecular weight excluding hydrogens is 198 g/mol. The van der Waals surface area contributed by atoms with Crippen molar-refractivity contribution in [2.75, 3.05) is 11.9 Å². The van der Waals surface area contributed by atoms with E-state index >= 15 is 0 Å². The summed E-state index contributed by atoms with van der Waals surface area (Å²) >= 11 is 5.08. The molecule has 9 heavy (non-hydrogen) atoms. The highest BCUT2D eigenvalue weighted by atomic mass is 79.9. The Labute approximate surface area is 67.2 Å². The van der Waals surface area contributed by atoms with Gasteiger partial charge in [0.2, 0.25) is 0 Å². The van der Waals surface area contributed by atoms with Crippen molar-refractivity contribution < 1.29 is 0 Å². The zero-order valence-electron chi connectivity index (χ0n) is 5.15. The molecule has 0 bridgehead atoms. The third-order valence-corrected chi connectivity index (χ3v) is 2.45. The molecule has 0 radical (unpaired) electrons. The van der Waals surface area contributed by atoms with Crippen molar-refractivity contribution >= 4 is 33.0 Å². The van der Waals surface area contributed by atoms with E-state index in [0.717, 1.165) is 6.54 Å². The molecule has 3 heteroatoms. The van der Waals surface area contributed by atoms with Crippen LogP contribution in [0.5, 0.6) is 0 Å². The molecule has 1 heterocycles. The predicted molar refractivity (Wildman–Crippen MR) is 46.2 cm³/mol. The van der Waals surface area contributed by atoms with E-state index in [9.17, 15) is 0 Å². The van der Waals surface area contributed by atoms with Gasteiger partial charge < -0.3 is 5.32 Å². The average molecular weight is 206 g/mol. The van der Waals surface area contributed by atoms with Crippen LogP contribution >= 0.6 is 27.3 Å². The normalized spacial score (nSPS) is 9.56. The van der Waals surface area contributed by atoms with Gasteiger partial charge in [-0.25, -0.2) is 0 Å². The molecule has 0 amide bonds. The summed E-state index contributed by atoms with van der Waals surface area (Å²) < 4.78 is 1.18. The van der Waals surface area contributed by atoms with Crippen LogP contribution in [0.3, 0.4) is 0 Å². The van der Waals surface area contributed by atoms with Gasteiger partial charge in [-0.2, -0.15) is 0 Å². The van der Waals surface area contributed by atoms with Crippen LogP contribution in [0.1, 0.15) is 6.92 Å². The lowest BCUT2D eigenvalue weighted by Crippen LogP contribution is -1.93. The first-order valence-corrected chi connectivity index (χ1v) is 4.48. The largest absolute Gasteiger partial charge is 0.385 e. The molecule has 0 aliphatic carbocycles. The van der Waals surface area contributed by atoms with Gasteiger partial charge in [0.05, 0.1) is 3.79 Å². The Morgan fingerprint density at radius 1 is 1.78 bits per heavy atom. The third kappa shape index (κ3) is 1.99. The predicted octanol–water partition coefficient (Wildman–Crippen LogP) is 2.94. The highest BCUT2D eigenvalue weighted by Gasteiger charge is 1.91. The first-order valence-electron chi connectivity index (χ1n) is 2.81. The van der Waals surface area contributed by atoms with Gasteiger partial charge in [-0.15, -0.1) is 11.3 Å². The van der Waals surface area contributed by atoms with Gasteiger partial charge in [-0.05, 0) is 28.9 Å². The zero-order chi connectivity index (χ0) is 6.69. The lowest BCUT2D eigenvalue weighted by molar-refractivity contribution is 1.22. The van der Waals surface area contributed by atoms with Gasteiger partial charge >= 0.3 is 0 Å². The summed E-state index contributed by atoms with van der Waals surface area (Å²) in [5.74, 6) is 0. The molecule has 0 atom stereocenters. The minimum Gasteiger partial charge on any atom is -0.385 e. The fourth-order valence-electron chi connectivity index (χ4n) is 0.607. The summed E-state index contributed by atoms with van der Waals surface area (Å²) in [5.41, 5.74) is 1.20. The van der Waals surface area contributed by atoms with E-state index in [1.54, 1.807) is 11.3 Å². The molecule has 0 aliphatic rings. The molecule has 1 nitrogen and oxygen atoms in total. The molecule has 0 saturated carbocycles. The third-order valence-electron chi connectivity index (χ3n) is 0.948. The van der Waals surface area contributed by atoms with Gasteiger partial charge in [0.25, 0.3) is 0 Å². The second kappa shape index (κ2) is 3.22. The van der Waals surface area contributed by atoms with E-state index in [4.69, 9.17) is 0 Å². The average Bonchev–Trinajstić information content (AvgIpc) is 2.17. The summed E-state index contributed by atoms with van der Waals surface area (Å²) in [4.78, 5) is 0. The molecule has 0 aromatic carbocycles. The minimum atomic E-state index is 0.989. The van der Waals surface area contributed by atoms with Gasteiger partial charge in [0.15, 0.2) is 0 Å². The van der Waals surface area contributed by atoms with Gasteiger partial charge in [0, 0.05) is 17.6 Å². The quantitative estimate of drug-likeness (QED) is 0.784. The summed E-state index contributed by atoms with van der Waals surface area (Å²) in [6, 6.07) is 2.08. The van der Waals surface area contributed by atoms with Crippen LogP contribution in [0.4, 0.5) is 5.69 Å². The first-order chi connectivity index (χ1) is 4.33. The number of rotatable bonds is 2. The Balaban J connectivity index is 2.61. The summed E-state index contributed by atoms with van der Waals surface area (Å²) in [6.45, 7) is 3.08. The first kappa shape index (κ1) is 7.09. The van der Waals surface area contributed by atoms with E-state index in [-0.39, 0.29) is 0 Å². The second-order valence-corrected chi connectivity index (χ2v) is 3.96. The van der Waals surface area contributed by atoms with Crippen molar-refractivity contribution in [1.82, 2.24) is 0 Å². The Kier molecular flexibility index (Phi) is 2.54. The smallest absolute Gasteiger partial charge is 0.0719 e. The maximum absolute atomic E-state index is 3.38. The molecule has 1 N–H and O–H groups in total. The maximum Gasteiger partial charge on any atom is 0.0719 e. The number of halogens is 1. The van der Waals surface area contributed by atoms with Crippen LogP contribution in [0.2, 0.25) is 0 Å². The molecular formula is C6H8BrNS. The molecule has 50 valence electrons. The van der Waals surface area contributed by atoms with E-state index in [2.05, 4.69) is 39.6 Å². The van der Waals surface area contributed by atoms with Gasteiger partial charge in [0.1, 0.15) is 0 Å². The van der Waals surface area contributed by atoms with Gasteiger partial charge in [-0.1, -0.05) is 0 Å². The van der Waals surface area contributed by atoms with Gasteiger partial charge in [-0.3, -0.25) is 0 Å².